The zero-order valence-electron chi connectivity index (χ0n) is 13.6. The van der Waals surface area contributed by atoms with E-state index in [1.54, 1.807) is 12.1 Å². The summed E-state index contributed by atoms with van der Waals surface area (Å²) in [6, 6.07) is 5.00. The normalized spacial score (nSPS) is 11.5. The van der Waals surface area contributed by atoms with Crippen LogP contribution in [-0.4, -0.2) is 37.1 Å². The van der Waals surface area contributed by atoms with Gasteiger partial charge < -0.3 is 14.8 Å². The van der Waals surface area contributed by atoms with Crippen molar-refractivity contribution in [3.8, 4) is 5.88 Å². The minimum absolute atomic E-state index is 0.0547. The van der Waals surface area contributed by atoms with Crippen molar-refractivity contribution in [1.82, 2.24) is 10.3 Å². The van der Waals surface area contributed by atoms with E-state index in [1.165, 1.54) is 20.4 Å². The number of halogens is 2. The van der Waals surface area contributed by atoms with Gasteiger partial charge in [0.2, 0.25) is 5.88 Å². The number of benzene rings is 1. The number of aromatic nitrogens is 1. The van der Waals surface area contributed by atoms with E-state index in [9.17, 15) is 18.4 Å². The second-order valence-electron chi connectivity index (χ2n) is 5.05. The smallest absolute Gasteiger partial charge is 0.328 e. The van der Waals surface area contributed by atoms with Crippen molar-refractivity contribution in [3.05, 3.63) is 59.3 Å². The summed E-state index contributed by atoms with van der Waals surface area (Å²) in [6.45, 7) is 0. The fraction of sp³-hybridized carbons (Fsp3) is 0.235. The first-order chi connectivity index (χ1) is 12.0. The Morgan fingerprint density at radius 1 is 1.20 bits per heavy atom. The van der Waals surface area contributed by atoms with E-state index >= 15 is 0 Å². The van der Waals surface area contributed by atoms with Crippen LogP contribution in [0.15, 0.2) is 36.5 Å². The van der Waals surface area contributed by atoms with Crippen LogP contribution in [0.2, 0.25) is 0 Å². The summed E-state index contributed by atoms with van der Waals surface area (Å²) in [5.41, 5.74) is 0.456. The molecule has 0 aliphatic rings. The number of ether oxygens (including phenoxy) is 2. The summed E-state index contributed by atoms with van der Waals surface area (Å²) in [4.78, 5) is 28.2. The van der Waals surface area contributed by atoms with Gasteiger partial charge in [-0.2, -0.15) is 0 Å². The molecule has 1 aromatic heterocycles. The molecule has 0 fully saturated rings. The van der Waals surface area contributed by atoms with E-state index in [0.29, 0.717) is 11.4 Å². The van der Waals surface area contributed by atoms with Crippen molar-refractivity contribution < 1.29 is 27.8 Å². The Morgan fingerprint density at radius 3 is 2.60 bits per heavy atom. The predicted octanol–water partition coefficient (Wildman–Crippen LogP) is 1.88. The Kier molecular flexibility index (Phi) is 5.99. The lowest BCUT2D eigenvalue weighted by molar-refractivity contribution is -0.142. The molecule has 0 aliphatic carbocycles. The summed E-state index contributed by atoms with van der Waals surface area (Å²) in [5.74, 6) is -3.35. The monoisotopic (exact) mass is 350 g/mol. The molecular weight excluding hydrogens is 334 g/mol. The van der Waals surface area contributed by atoms with Gasteiger partial charge in [-0.3, -0.25) is 4.79 Å². The van der Waals surface area contributed by atoms with Gasteiger partial charge >= 0.3 is 5.97 Å². The van der Waals surface area contributed by atoms with Crippen molar-refractivity contribution in [2.24, 2.45) is 0 Å². The topological polar surface area (TPSA) is 77.5 Å². The number of methoxy groups -OCH3 is 2. The van der Waals surface area contributed by atoms with Gasteiger partial charge in [0.05, 0.1) is 14.2 Å². The molecule has 1 heterocycles. The van der Waals surface area contributed by atoms with Crippen LogP contribution in [0.1, 0.15) is 15.9 Å². The third-order valence-electron chi connectivity index (χ3n) is 3.44. The predicted molar refractivity (Wildman–Crippen MR) is 84.1 cm³/mol. The van der Waals surface area contributed by atoms with E-state index in [-0.39, 0.29) is 12.0 Å². The lowest BCUT2D eigenvalue weighted by atomic mass is 10.1. The number of carbonyl (C=O) groups excluding carboxylic acids is 2. The molecule has 6 nitrogen and oxygen atoms in total. The number of nitrogens with one attached hydrogen (secondary N) is 1. The highest BCUT2D eigenvalue weighted by molar-refractivity contribution is 5.96. The first-order valence-electron chi connectivity index (χ1n) is 7.28. The molecule has 2 rings (SSSR count). The second-order valence-corrected chi connectivity index (χ2v) is 5.05. The van der Waals surface area contributed by atoms with Gasteiger partial charge in [-0.05, 0) is 24.3 Å². The highest BCUT2D eigenvalue weighted by atomic mass is 19.2. The molecule has 0 unspecified atom stereocenters. The molecule has 1 aromatic carbocycles. The molecule has 0 spiro atoms. The van der Waals surface area contributed by atoms with E-state index < -0.39 is 29.6 Å². The van der Waals surface area contributed by atoms with Crippen LogP contribution < -0.4 is 10.1 Å². The van der Waals surface area contributed by atoms with Crippen LogP contribution in [0.3, 0.4) is 0 Å². The molecule has 0 bridgehead atoms. The van der Waals surface area contributed by atoms with E-state index in [1.807, 2.05) is 0 Å². The largest absolute Gasteiger partial charge is 0.481 e. The molecule has 2 aromatic rings. The number of hydrogen-bond donors (Lipinski definition) is 1. The molecule has 8 heteroatoms. The van der Waals surface area contributed by atoms with Crippen molar-refractivity contribution in [2.45, 2.75) is 12.5 Å². The van der Waals surface area contributed by atoms with Gasteiger partial charge in [0.1, 0.15) is 6.04 Å². The summed E-state index contributed by atoms with van der Waals surface area (Å²) in [7, 11) is 2.61. The van der Waals surface area contributed by atoms with Crippen molar-refractivity contribution in [1.29, 1.82) is 0 Å². The summed E-state index contributed by atoms with van der Waals surface area (Å²) in [5, 5.41) is 2.44. The van der Waals surface area contributed by atoms with Crippen LogP contribution in [0.4, 0.5) is 8.78 Å². The fourth-order valence-electron chi connectivity index (χ4n) is 2.20. The van der Waals surface area contributed by atoms with Crippen LogP contribution in [0, 0.1) is 11.6 Å². The first kappa shape index (κ1) is 18.3. The maximum absolute atomic E-state index is 13.3. The first-order valence-corrected chi connectivity index (χ1v) is 7.28. The molecular formula is C17H16F2N2O4. The fourth-order valence-corrected chi connectivity index (χ4v) is 2.20. The average molecular weight is 350 g/mol. The SMILES string of the molecule is COC(=O)[C@H](Cc1cccnc1OC)NC(=O)c1ccc(F)c(F)c1. The third kappa shape index (κ3) is 4.50. The Labute approximate surface area is 142 Å². The number of amides is 1. The zero-order valence-corrected chi connectivity index (χ0v) is 13.6. The van der Waals surface area contributed by atoms with Crippen LogP contribution in [0.25, 0.3) is 0 Å². The highest BCUT2D eigenvalue weighted by Gasteiger charge is 2.24. The van der Waals surface area contributed by atoms with Crippen molar-refractivity contribution in [3.63, 3.8) is 0 Å². The number of pyridine rings is 1. The number of esters is 1. The Morgan fingerprint density at radius 2 is 1.96 bits per heavy atom. The van der Waals surface area contributed by atoms with E-state index in [4.69, 9.17) is 4.74 Å². The Hall–Kier alpha value is -3.03. The highest BCUT2D eigenvalue weighted by Crippen LogP contribution is 2.17. The van der Waals surface area contributed by atoms with Crippen LogP contribution >= 0.6 is 0 Å². The van der Waals surface area contributed by atoms with Gasteiger partial charge in [-0.25, -0.2) is 18.6 Å². The quantitative estimate of drug-likeness (QED) is 0.805. The number of rotatable bonds is 6. The molecule has 0 saturated heterocycles. The number of hydrogen-bond acceptors (Lipinski definition) is 5. The molecule has 0 radical (unpaired) electrons. The lowest BCUT2D eigenvalue weighted by Gasteiger charge is -2.17. The molecule has 0 aliphatic heterocycles. The standard InChI is InChI=1S/C17H16F2N2O4/c1-24-16-11(4-3-7-20-16)9-14(17(23)25-2)21-15(22)10-5-6-12(18)13(19)8-10/h3-8,14H,9H2,1-2H3,(H,21,22)/t14-/m0/s1. The molecule has 1 atom stereocenters. The maximum Gasteiger partial charge on any atom is 0.328 e. The molecule has 0 saturated carbocycles. The lowest BCUT2D eigenvalue weighted by Crippen LogP contribution is -2.43. The summed E-state index contributed by atoms with van der Waals surface area (Å²) >= 11 is 0. The Bertz CT molecular complexity index is 783. The molecule has 25 heavy (non-hydrogen) atoms. The third-order valence-corrected chi connectivity index (χ3v) is 3.44. The number of carbonyl (C=O) groups is 2. The van der Waals surface area contributed by atoms with E-state index in [2.05, 4.69) is 15.0 Å². The van der Waals surface area contributed by atoms with Crippen LogP contribution in [0.5, 0.6) is 5.88 Å². The second kappa shape index (κ2) is 8.18. The summed E-state index contributed by atoms with van der Waals surface area (Å²) < 4.78 is 36.1. The minimum Gasteiger partial charge on any atom is -0.481 e. The van der Waals surface area contributed by atoms with Crippen molar-refractivity contribution in [2.75, 3.05) is 14.2 Å². The maximum atomic E-state index is 13.3. The molecule has 132 valence electrons. The molecule has 1 N–H and O–H groups in total. The van der Waals surface area contributed by atoms with Gasteiger partial charge in [-0.1, -0.05) is 6.07 Å². The van der Waals surface area contributed by atoms with Crippen LogP contribution in [-0.2, 0) is 16.0 Å². The zero-order chi connectivity index (χ0) is 18.4. The van der Waals surface area contributed by atoms with Crippen molar-refractivity contribution >= 4 is 11.9 Å². The van der Waals surface area contributed by atoms with Gasteiger partial charge in [0.15, 0.2) is 11.6 Å². The van der Waals surface area contributed by atoms with Gasteiger partial charge in [0.25, 0.3) is 5.91 Å². The summed E-state index contributed by atoms with van der Waals surface area (Å²) in [6.07, 6.45) is 1.58. The minimum atomic E-state index is -1.16. The van der Waals surface area contributed by atoms with Gasteiger partial charge in [-0.15, -0.1) is 0 Å². The Balaban J connectivity index is 2.21. The number of nitrogens with zero attached hydrogens (tertiary/aromatic N) is 1. The van der Waals surface area contributed by atoms with E-state index in [0.717, 1.165) is 18.2 Å². The van der Waals surface area contributed by atoms with Gasteiger partial charge in [0, 0.05) is 23.7 Å². The average Bonchev–Trinajstić information content (AvgIpc) is 2.63. The molecule has 1 amide bonds.